The lowest BCUT2D eigenvalue weighted by Crippen LogP contribution is -2.48. The van der Waals surface area contributed by atoms with Crippen molar-refractivity contribution in [3.8, 4) is 0 Å². The van der Waals surface area contributed by atoms with E-state index in [0.717, 1.165) is 15.6 Å². The molecule has 0 N–H and O–H groups in total. The van der Waals surface area contributed by atoms with Crippen molar-refractivity contribution >= 4 is 17.9 Å². The maximum absolute atomic E-state index is 12.1. The summed E-state index contributed by atoms with van der Waals surface area (Å²) in [6, 6.07) is 9.47. The van der Waals surface area contributed by atoms with Crippen molar-refractivity contribution in [2.75, 3.05) is 0 Å². The molecule has 6 nitrogen and oxygen atoms in total. The van der Waals surface area contributed by atoms with E-state index >= 15 is 0 Å². The summed E-state index contributed by atoms with van der Waals surface area (Å²) in [5.74, 6) is -1.15. The summed E-state index contributed by atoms with van der Waals surface area (Å²) >= 11 is 0. The van der Waals surface area contributed by atoms with Crippen LogP contribution in [0.5, 0.6) is 0 Å². The quantitative estimate of drug-likeness (QED) is 0.859. The topological polar surface area (TPSA) is 66.9 Å². The Hall–Kier alpha value is -2.63. The second kappa shape index (κ2) is 5.63. The molecule has 22 heavy (non-hydrogen) atoms. The van der Waals surface area contributed by atoms with Gasteiger partial charge in [0.1, 0.15) is 0 Å². The fourth-order valence-corrected chi connectivity index (χ4v) is 2.46. The highest BCUT2D eigenvalue weighted by Gasteiger charge is 2.49. The van der Waals surface area contributed by atoms with E-state index in [2.05, 4.69) is 6.58 Å². The number of rotatable bonds is 3. The number of benzene rings is 1. The zero-order chi connectivity index (χ0) is 16.5. The number of amides is 3. The molecule has 1 aromatic carbocycles. The van der Waals surface area contributed by atoms with Gasteiger partial charge in [-0.25, -0.2) is 4.79 Å². The lowest BCUT2D eigenvalue weighted by atomic mass is 9.94. The van der Waals surface area contributed by atoms with Gasteiger partial charge >= 0.3 is 6.09 Å². The molecule has 0 radical (unpaired) electrons. The maximum atomic E-state index is 12.1. The summed E-state index contributed by atoms with van der Waals surface area (Å²) in [7, 11) is 0. The van der Waals surface area contributed by atoms with Crippen molar-refractivity contribution in [3.05, 3.63) is 48.2 Å². The molecule has 1 aromatic rings. The highest BCUT2D eigenvalue weighted by atomic mass is 16.6. The predicted octanol–water partition coefficient (Wildman–Crippen LogP) is 2.26. The number of ether oxygens (including phenoxy) is 1. The molecule has 1 atom stereocenters. The van der Waals surface area contributed by atoms with Gasteiger partial charge < -0.3 is 4.74 Å². The first-order valence-electron chi connectivity index (χ1n) is 6.84. The smallest absolute Gasteiger partial charge is 0.434 e. The minimum absolute atomic E-state index is 0.256. The normalized spacial score (nSPS) is 20.8. The van der Waals surface area contributed by atoms with Gasteiger partial charge in [-0.05, 0) is 12.5 Å². The number of hydrogen-bond acceptors (Lipinski definition) is 4. The first-order chi connectivity index (χ1) is 10.3. The van der Waals surface area contributed by atoms with Crippen LogP contribution in [0.3, 0.4) is 0 Å². The monoisotopic (exact) mass is 302 g/mol. The Balaban J connectivity index is 2.31. The van der Waals surface area contributed by atoms with Gasteiger partial charge in [0.2, 0.25) is 11.8 Å². The number of carbonyl (C=O) groups excluding carboxylic acids is 3. The lowest BCUT2D eigenvalue weighted by molar-refractivity contribution is -0.154. The molecular formula is C16H18N2O4. The van der Waals surface area contributed by atoms with Crippen LogP contribution in [0.4, 0.5) is 4.79 Å². The van der Waals surface area contributed by atoms with Gasteiger partial charge in [-0.1, -0.05) is 36.9 Å². The molecule has 116 valence electrons. The third kappa shape index (κ3) is 2.72. The molecule has 0 aliphatic carbocycles. The minimum Gasteiger partial charge on any atom is -0.435 e. The Bertz CT molecular complexity index is 627. The molecule has 1 heterocycles. The van der Waals surface area contributed by atoms with Gasteiger partial charge in [-0.3, -0.25) is 9.59 Å². The molecule has 1 saturated heterocycles. The van der Waals surface area contributed by atoms with E-state index in [1.807, 2.05) is 30.3 Å². The van der Waals surface area contributed by atoms with Crippen LogP contribution in [0.15, 0.2) is 42.6 Å². The Kier molecular flexibility index (Phi) is 4.03. The van der Waals surface area contributed by atoms with Crippen LogP contribution in [0.1, 0.15) is 26.3 Å². The molecule has 2 rings (SSSR count). The summed E-state index contributed by atoms with van der Waals surface area (Å²) in [6.45, 7) is 7.97. The fourth-order valence-electron chi connectivity index (χ4n) is 2.46. The van der Waals surface area contributed by atoms with Crippen LogP contribution in [-0.4, -0.2) is 33.5 Å². The Morgan fingerprint density at radius 2 is 1.77 bits per heavy atom. The average molecular weight is 302 g/mol. The van der Waals surface area contributed by atoms with E-state index in [9.17, 15) is 14.4 Å². The summed E-state index contributed by atoms with van der Waals surface area (Å²) in [4.78, 5) is 35.4. The van der Waals surface area contributed by atoms with Crippen molar-refractivity contribution in [1.82, 2.24) is 10.0 Å². The lowest BCUT2D eigenvalue weighted by Gasteiger charge is -2.28. The minimum atomic E-state index is -1.01. The molecule has 0 unspecified atom stereocenters. The van der Waals surface area contributed by atoms with Gasteiger partial charge in [-0.2, -0.15) is 10.0 Å². The molecule has 1 aliphatic rings. The molecular weight excluding hydrogens is 284 g/mol. The van der Waals surface area contributed by atoms with Gasteiger partial charge in [-0.15, -0.1) is 0 Å². The number of hydrogen-bond donors (Lipinski definition) is 0. The Morgan fingerprint density at radius 1 is 1.23 bits per heavy atom. The number of nitrogens with zero attached hydrogens (tertiary/aromatic N) is 2. The molecule has 1 aliphatic heterocycles. The van der Waals surface area contributed by atoms with Gasteiger partial charge in [0.05, 0.1) is 5.70 Å². The maximum Gasteiger partial charge on any atom is 0.434 e. The summed E-state index contributed by atoms with van der Waals surface area (Å²) in [5.41, 5.74) is 0.200. The number of carbonyl (C=O) groups is 3. The van der Waals surface area contributed by atoms with Crippen LogP contribution < -0.4 is 0 Å². The van der Waals surface area contributed by atoms with E-state index in [-0.39, 0.29) is 5.70 Å². The van der Waals surface area contributed by atoms with Crippen LogP contribution in [-0.2, 0) is 20.7 Å². The van der Waals surface area contributed by atoms with Crippen LogP contribution >= 0.6 is 0 Å². The van der Waals surface area contributed by atoms with Crippen molar-refractivity contribution in [1.29, 1.82) is 0 Å². The van der Waals surface area contributed by atoms with Crippen LogP contribution in [0.2, 0.25) is 0 Å². The number of imide groups is 1. The standard InChI is InChI=1S/C16H18N2O4/c1-11-16(4,10-14-8-6-5-7-9-14)22-15(21)17(11)18(12(2)19)13(3)20/h5-9H,1,10H2,2-4H3/t16-/m1/s1. The molecule has 3 amide bonds. The Morgan fingerprint density at radius 3 is 2.27 bits per heavy atom. The fraction of sp³-hybridized carbons (Fsp3) is 0.312. The first kappa shape index (κ1) is 15.8. The zero-order valence-electron chi connectivity index (χ0n) is 12.8. The third-order valence-electron chi connectivity index (χ3n) is 3.53. The highest BCUT2D eigenvalue weighted by Crippen LogP contribution is 2.36. The first-order valence-corrected chi connectivity index (χ1v) is 6.84. The van der Waals surface area contributed by atoms with E-state index in [1.54, 1.807) is 6.92 Å². The molecule has 0 bridgehead atoms. The molecule has 0 spiro atoms. The van der Waals surface area contributed by atoms with Crippen molar-refractivity contribution in [2.45, 2.75) is 32.8 Å². The van der Waals surface area contributed by atoms with Gasteiger partial charge in [0.25, 0.3) is 0 Å². The summed E-state index contributed by atoms with van der Waals surface area (Å²) in [5, 5.41) is 1.65. The highest BCUT2D eigenvalue weighted by molar-refractivity contribution is 5.95. The van der Waals surface area contributed by atoms with Crippen LogP contribution in [0.25, 0.3) is 0 Å². The second-order valence-electron chi connectivity index (χ2n) is 5.37. The van der Waals surface area contributed by atoms with Crippen molar-refractivity contribution in [3.63, 3.8) is 0 Å². The molecule has 0 saturated carbocycles. The Labute approximate surface area is 128 Å². The van der Waals surface area contributed by atoms with Crippen molar-refractivity contribution < 1.29 is 19.1 Å². The van der Waals surface area contributed by atoms with E-state index in [4.69, 9.17) is 4.74 Å². The van der Waals surface area contributed by atoms with Gasteiger partial charge in [0.15, 0.2) is 5.60 Å². The van der Waals surface area contributed by atoms with Crippen molar-refractivity contribution in [2.24, 2.45) is 0 Å². The predicted molar refractivity (Wildman–Crippen MR) is 79.2 cm³/mol. The number of hydrazine groups is 1. The zero-order valence-corrected chi connectivity index (χ0v) is 12.8. The second-order valence-corrected chi connectivity index (χ2v) is 5.37. The van der Waals surface area contributed by atoms with Gasteiger partial charge in [0, 0.05) is 20.3 Å². The molecule has 0 aromatic heterocycles. The third-order valence-corrected chi connectivity index (χ3v) is 3.53. The summed E-state index contributed by atoms with van der Waals surface area (Å²) in [6.07, 6.45) is -0.382. The molecule has 6 heteroatoms. The largest absolute Gasteiger partial charge is 0.435 e. The van der Waals surface area contributed by atoms with E-state index in [0.29, 0.717) is 6.42 Å². The average Bonchev–Trinajstić information content (AvgIpc) is 2.63. The molecule has 1 fully saturated rings. The summed E-state index contributed by atoms with van der Waals surface area (Å²) < 4.78 is 5.40. The SMILES string of the molecule is C=C1N(N(C(C)=O)C(C)=O)C(=O)O[C@]1(C)Cc1ccccc1. The van der Waals surface area contributed by atoms with E-state index in [1.165, 1.54) is 13.8 Å². The van der Waals surface area contributed by atoms with Crippen LogP contribution in [0, 0.1) is 0 Å². The number of cyclic esters (lactones) is 1. The van der Waals surface area contributed by atoms with E-state index < -0.39 is 23.5 Å².